The van der Waals surface area contributed by atoms with Crippen molar-refractivity contribution in [3.63, 3.8) is 0 Å². The molecule has 2 aliphatic rings. The highest BCUT2D eigenvalue weighted by Crippen LogP contribution is 2.31. The maximum absolute atomic E-state index is 5.61. The number of guanidine groups is 1. The second-order valence-electron chi connectivity index (χ2n) is 6.64. The number of para-hydroxylation sites is 1. The van der Waals surface area contributed by atoms with Crippen LogP contribution in [0.25, 0.3) is 0 Å². The van der Waals surface area contributed by atoms with Gasteiger partial charge in [-0.2, -0.15) is 0 Å². The van der Waals surface area contributed by atoms with Crippen LogP contribution in [0.3, 0.4) is 0 Å². The number of ether oxygens (including phenoxy) is 1. The first-order valence-corrected chi connectivity index (χ1v) is 9.23. The van der Waals surface area contributed by atoms with E-state index in [0.29, 0.717) is 6.04 Å². The minimum atomic E-state index is 0. The van der Waals surface area contributed by atoms with Gasteiger partial charge in [-0.1, -0.05) is 18.2 Å². The van der Waals surface area contributed by atoms with Gasteiger partial charge in [0.05, 0.1) is 19.7 Å². The first-order valence-electron chi connectivity index (χ1n) is 9.23. The fraction of sp³-hybridized carbons (Fsp3) is 0.632. The Labute approximate surface area is 168 Å². The highest BCUT2D eigenvalue weighted by Gasteiger charge is 2.26. The molecule has 2 fully saturated rings. The van der Waals surface area contributed by atoms with Crippen molar-refractivity contribution in [3.8, 4) is 5.75 Å². The van der Waals surface area contributed by atoms with Crippen LogP contribution in [0.15, 0.2) is 29.3 Å². The summed E-state index contributed by atoms with van der Waals surface area (Å²) in [5.74, 6) is 1.91. The van der Waals surface area contributed by atoms with Crippen molar-refractivity contribution in [2.45, 2.75) is 44.7 Å². The fourth-order valence-corrected chi connectivity index (χ4v) is 3.32. The number of rotatable bonds is 7. The Morgan fingerprint density at radius 1 is 1.28 bits per heavy atom. The van der Waals surface area contributed by atoms with Crippen LogP contribution in [0.2, 0.25) is 0 Å². The van der Waals surface area contributed by atoms with E-state index in [1.54, 1.807) is 7.11 Å². The molecular formula is C19H31IN4O. The van der Waals surface area contributed by atoms with Gasteiger partial charge in [0.1, 0.15) is 5.75 Å². The van der Waals surface area contributed by atoms with E-state index in [4.69, 9.17) is 9.73 Å². The average molecular weight is 458 g/mol. The first kappa shape index (κ1) is 20.3. The van der Waals surface area contributed by atoms with E-state index in [9.17, 15) is 0 Å². The summed E-state index contributed by atoms with van der Waals surface area (Å²) in [6, 6.07) is 9.25. The Balaban J connectivity index is 0.00000225. The molecule has 3 rings (SSSR count). The standard InChI is InChI=1S/C19H30N4O.HI/c1-3-20-19(22-15-10-11-15)21-14-17(23-12-6-7-13-23)16-8-4-5-9-18(16)24-2;/h4-5,8-9,15,17H,3,6-7,10-14H2,1-2H3,(H2,20,21,22);1H. The molecule has 0 spiro atoms. The summed E-state index contributed by atoms with van der Waals surface area (Å²) in [5.41, 5.74) is 1.24. The quantitative estimate of drug-likeness (QED) is 0.375. The molecule has 5 nitrogen and oxygen atoms in total. The average Bonchev–Trinajstić information content (AvgIpc) is 3.26. The van der Waals surface area contributed by atoms with E-state index >= 15 is 0 Å². The molecule has 1 saturated heterocycles. The molecule has 1 aromatic rings. The third-order valence-electron chi connectivity index (χ3n) is 4.76. The molecule has 1 aromatic carbocycles. The summed E-state index contributed by atoms with van der Waals surface area (Å²) < 4.78 is 5.61. The highest BCUT2D eigenvalue weighted by molar-refractivity contribution is 14.0. The van der Waals surface area contributed by atoms with Crippen LogP contribution in [0, 0.1) is 0 Å². The molecule has 1 heterocycles. The minimum Gasteiger partial charge on any atom is -0.496 e. The van der Waals surface area contributed by atoms with Gasteiger partial charge in [-0.15, -0.1) is 24.0 Å². The monoisotopic (exact) mass is 458 g/mol. The topological polar surface area (TPSA) is 48.9 Å². The Bertz CT molecular complexity index is 556. The molecule has 0 amide bonds. The van der Waals surface area contributed by atoms with Crippen LogP contribution < -0.4 is 15.4 Å². The van der Waals surface area contributed by atoms with Crippen LogP contribution in [-0.2, 0) is 0 Å². The van der Waals surface area contributed by atoms with E-state index in [1.165, 1.54) is 31.2 Å². The van der Waals surface area contributed by atoms with Gasteiger partial charge in [0, 0.05) is 18.2 Å². The van der Waals surface area contributed by atoms with Gasteiger partial charge >= 0.3 is 0 Å². The van der Waals surface area contributed by atoms with Gasteiger partial charge in [0.25, 0.3) is 0 Å². The van der Waals surface area contributed by atoms with Crippen molar-refractivity contribution >= 4 is 29.9 Å². The zero-order valence-electron chi connectivity index (χ0n) is 15.3. The molecule has 25 heavy (non-hydrogen) atoms. The van der Waals surface area contributed by atoms with Crippen molar-refractivity contribution in [3.05, 3.63) is 29.8 Å². The largest absolute Gasteiger partial charge is 0.496 e. The van der Waals surface area contributed by atoms with Gasteiger partial charge in [-0.3, -0.25) is 9.89 Å². The van der Waals surface area contributed by atoms with Crippen LogP contribution in [0.5, 0.6) is 5.75 Å². The Morgan fingerprint density at radius 3 is 2.64 bits per heavy atom. The Morgan fingerprint density at radius 2 is 2.00 bits per heavy atom. The number of nitrogens with zero attached hydrogens (tertiary/aromatic N) is 2. The van der Waals surface area contributed by atoms with Gasteiger partial charge in [0.15, 0.2) is 5.96 Å². The Hall–Kier alpha value is -1.02. The maximum Gasteiger partial charge on any atom is 0.191 e. The summed E-state index contributed by atoms with van der Waals surface area (Å²) in [6.45, 7) is 6.04. The van der Waals surface area contributed by atoms with Crippen LogP contribution in [0.1, 0.15) is 44.2 Å². The molecule has 2 N–H and O–H groups in total. The fourth-order valence-electron chi connectivity index (χ4n) is 3.32. The van der Waals surface area contributed by atoms with E-state index < -0.39 is 0 Å². The maximum atomic E-state index is 5.61. The summed E-state index contributed by atoms with van der Waals surface area (Å²) in [7, 11) is 1.75. The molecule has 1 saturated carbocycles. The number of nitrogens with one attached hydrogen (secondary N) is 2. The molecule has 0 radical (unpaired) electrons. The normalized spacial score (nSPS) is 19.2. The summed E-state index contributed by atoms with van der Waals surface area (Å²) in [5, 5.41) is 6.88. The lowest BCUT2D eigenvalue weighted by atomic mass is 10.0. The predicted molar refractivity (Wildman–Crippen MR) is 114 cm³/mol. The van der Waals surface area contributed by atoms with Crippen molar-refractivity contribution in [1.82, 2.24) is 15.5 Å². The molecule has 6 heteroatoms. The number of halogens is 1. The van der Waals surface area contributed by atoms with Crippen LogP contribution in [-0.4, -0.2) is 50.2 Å². The van der Waals surface area contributed by atoms with Gasteiger partial charge in [0.2, 0.25) is 0 Å². The third kappa shape index (κ3) is 5.74. The first-order chi connectivity index (χ1) is 11.8. The smallest absolute Gasteiger partial charge is 0.191 e. The van der Waals surface area contributed by atoms with Crippen LogP contribution in [0.4, 0.5) is 0 Å². The SMILES string of the molecule is CCNC(=NCC(c1ccccc1OC)N1CCCC1)NC1CC1.I. The number of methoxy groups -OCH3 is 1. The summed E-state index contributed by atoms with van der Waals surface area (Å²) in [4.78, 5) is 7.43. The molecule has 1 aliphatic carbocycles. The molecule has 0 bridgehead atoms. The molecule has 140 valence electrons. The molecule has 0 aromatic heterocycles. The summed E-state index contributed by atoms with van der Waals surface area (Å²) in [6.07, 6.45) is 5.06. The number of aliphatic imine (C=N–C) groups is 1. The number of hydrogen-bond acceptors (Lipinski definition) is 3. The molecular weight excluding hydrogens is 427 g/mol. The minimum absolute atomic E-state index is 0. The van der Waals surface area contributed by atoms with Gasteiger partial charge in [-0.25, -0.2) is 0 Å². The third-order valence-corrected chi connectivity index (χ3v) is 4.76. The van der Waals surface area contributed by atoms with Crippen molar-refractivity contribution < 1.29 is 4.74 Å². The van der Waals surface area contributed by atoms with E-state index in [2.05, 4.69) is 40.7 Å². The van der Waals surface area contributed by atoms with Crippen molar-refractivity contribution in [2.75, 3.05) is 33.3 Å². The lowest BCUT2D eigenvalue weighted by Crippen LogP contribution is -2.39. The highest BCUT2D eigenvalue weighted by atomic mass is 127. The van der Waals surface area contributed by atoms with Crippen molar-refractivity contribution in [2.24, 2.45) is 4.99 Å². The van der Waals surface area contributed by atoms with Crippen molar-refractivity contribution in [1.29, 1.82) is 0 Å². The molecule has 1 atom stereocenters. The van der Waals surface area contributed by atoms with E-state index in [0.717, 1.165) is 37.9 Å². The molecule has 1 aliphatic heterocycles. The van der Waals surface area contributed by atoms with Gasteiger partial charge < -0.3 is 15.4 Å². The zero-order valence-corrected chi connectivity index (χ0v) is 17.7. The number of hydrogen-bond donors (Lipinski definition) is 2. The Kier molecular flexibility index (Phi) is 8.29. The van der Waals surface area contributed by atoms with Gasteiger partial charge in [-0.05, 0) is 51.8 Å². The molecule has 1 unspecified atom stereocenters. The number of likely N-dealkylation sites (tertiary alicyclic amines) is 1. The predicted octanol–water partition coefficient (Wildman–Crippen LogP) is 3.17. The second-order valence-corrected chi connectivity index (χ2v) is 6.64. The van der Waals surface area contributed by atoms with Crippen LogP contribution >= 0.6 is 24.0 Å². The zero-order chi connectivity index (χ0) is 16.8. The summed E-state index contributed by atoms with van der Waals surface area (Å²) >= 11 is 0. The second kappa shape index (κ2) is 10.2. The lowest BCUT2D eigenvalue weighted by molar-refractivity contribution is 0.245. The van der Waals surface area contributed by atoms with E-state index in [-0.39, 0.29) is 30.0 Å². The number of benzene rings is 1. The lowest BCUT2D eigenvalue weighted by Gasteiger charge is -2.28. The van der Waals surface area contributed by atoms with E-state index in [1.807, 2.05) is 6.07 Å².